The second-order valence-electron chi connectivity index (χ2n) is 5.58. The Balaban J connectivity index is 2.31. The van der Waals surface area contributed by atoms with Crippen molar-refractivity contribution >= 4 is 11.9 Å². The summed E-state index contributed by atoms with van der Waals surface area (Å²) in [6.07, 6.45) is 0. The van der Waals surface area contributed by atoms with Crippen LogP contribution in [0.5, 0.6) is 0 Å². The molecule has 23 heavy (non-hydrogen) atoms. The molecule has 0 aliphatic heterocycles. The van der Waals surface area contributed by atoms with E-state index in [9.17, 15) is 4.79 Å². The lowest BCUT2D eigenvalue weighted by Crippen LogP contribution is -2.34. The molecule has 2 rings (SSSR count). The topological polar surface area (TPSA) is 83.3 Å². The highest BCUT2D eigenvalue weighted by Gasteiger charge is 2.14. The van der Waals surface area contributed by atoms with Crippen LogP contribution in [0.4, 0.5) is 5.95 Å². The Labute approximate surface area is 136 Å². The number of aliphatic hydroxyl groups excluding tert-OH is 1. The molecular formula is C16H23N5O2. The van der Waals surface area contributed by atoms with Crippen molar-refractivity contribution in [1.29, 1.82) is 0 Å². The number of aliphatic hydroxyl groups is 1. The summed E-state index contributed by atoms with van der Waals surface area (Å²) in [5.41, 5.74) is 1.30. The van der Waals surface area contributed by atoms with E-state index >= 15 is 0 Å². The molecule has 0 bridgehead atoms. The van der Waals surface area contributed by atoms with Gasteiger partial charge in [-0.3, -0.25) is 4.79 Å². The molecule has 1 heterocycles. The number of nitrogens with zero attached hydrogens (tertiary/aromatic N) is 4. The summed E-state index contributed by atoms with van der Waals surface area (Å²) < 4.78 is 1.82. The molecule has 0 unspecified atom stereocenters. The van der Waals surface area contributed by atoms with Gasteiger partial charge in [0.2, 0.25) is 5.95 Å². The van der Waals surface area contributed by atoms with Crippen LogP contribution in [0.15, 0.2) is 24.3 Å². The summed E-state index contributed by atoms with van der Waals surface area (Å²) >= 11 is 0. The van der Waals surface area contributed by atoms with Crippen LogP contribution in [0.2, 0.25) is 0 Å². The van der Waals surface area contributed by atoms with Crippen LogP contribution < -0.4 is 10.2 Å². The van der Waals surface area contributed by atoms with Crippen LogP contribution in [0.25, 0.3) is 11.4 Å². The van der Waals surface area contributed by atoms with Gasteiger partial charge >= 0.3 is 0 Å². The average molecular weight is 317 g/mol. The van der Waals surface area contributed by atoms with Crippen molar-refractivity contribution in [3.63, 3.8) is 0 Å². The van der Waals surface area contributed by atoms with Gasteiger partial charge in [0.1, 0.15) is 0 Å². The first kappa shape index (κ1) is 17.0. The molecule has 1 aromatic heterocycles. The second kappa shape index (κ2) is 7.23. The minimum atomic E-state index is -0.288. The Bertz CT molecular complexity index is 681. The number of benzene rings is 1. The fraction of sp³-hybridized carbons (Fsp3) is 0.438. The maximum Gasteiger partial charge on any atom is 0.251 e. The number of anilines is 1. The van der Waals surface area contributed by atoms with Gasteiger partial charge in [-0.2, -0.15) is 4.98 Å². The van der Waals surface area contributed by atoms with Crippen LogP contribution in [0.1, 0.15) is 24.2 Å². The summed E-state index contributed by atoms with van der Waals surface area (Å²) in [4.78, 5) is 18.6. The molecule has 7 heteroatoms. The molecular weight excluding hydrogens is 294 g/mol. The van der Waals surface area contributed by atoms with E-state index < -0.39 is 0 Å². The number of nitrogens with one attached hydrogen (secondary N) is 1. The molecule has 1 aromatic carbocycles. The second-order valence-corrected chi connectivity index (χ2v) is 5.58. The zero-order valence-corrected chi connectivity index (χ0v) is 13.9. The fourth-order valence-electron chi connectivity index (χ4n) is 2.15. The van der Waals surface area contributed by atoms with Crippen molar-refractivity contribution in [1.82, 2.24) is 20.1 Å². The molecule has 0 saturated heterocycles. The summed E-state index contributed by atoms with van der Waals surface area (Å²) in [5.74, 6) is 1.13. The van der Waals surface area contributed by atoms with Gasteiger partial charge in [0, 0.05) is 37.8 Å². The lowest BCUT2D eigenvalue weighted by Gasteiger charge is -2.11. The number of carbonyl (C=O) groups is 1. The van der Waals surface area contributed by atoms with E-state index in [1.807, 2.05) is 36.7 Å². The first-order valence-corrected chi connectivity index (χ1v) is 7.60. The van der Waals surface area contributed by atoms with Crippen LogP contribution in [0.3, 0.4) is 0 Å². The maximum absolute atomic E-state index is 12.2. The van der Waals surface area contributed by atoms with Crippen molar-refractivity contribution in [3.8, 4) is 11.4 Å². The first-order valence-electron chi connectivity index (χ1n) is 7.60. The lowest BCUT2D eigenvalue weighted by molar-refractivity contribution is 0.0922. The van der Waals surface area contributed by atoms with Crippen molar-refractivity contribution < 1.29 is 9.90 Å². The van der Waals surface area contributed by atoms with Gasteiger partial charge < -0.3 is 15.3 Å². The SMILES string of the molecule is CCn1nc(-c2cccc(C(=O)N[C@@H](C)CO)c2)nc1N(C)C. The quantitative estimate of drug-likeness (QED) is 0.835. The number of hydrogen-bond acceptors (Lipinski definition) is 5. The van der Waals surface area contributed by atoms with E-state index in [0.717, 1.165) is 11.5 Å². The molecule has 2 N–H and O–H groups in total. The lowest BCUT2D eigenvalue weighted by atomic mass is 10.1. The Kier molecular flexibility index (Phi) is 5.33. The van der Waals surface area contributed by atoms with Crippen LogP contribution >= 0.6 is 0 Å². The average Bonchev–Trinajstić information content (AvgIpc) is 2.99. The number of carbonyl (C=O) groups excluding carboxylic acids is 1. The largest absolute Gasteiger partial charge is 0.394 e. The third-order valence-corrected chi connectivity index (χ3v) is 3.39. The van der Waals surface area contributed by atoms with Gasteiger partial charge in [0.25, 0.3) is 5.91 Å². The first-order chi connectivity index (χ1) is 11.0. The third kappa shape index (κ3) is 3.87. The predicted octanol–water partition coefficient (Wildman–Crippen LogP) is 1.14. The van der Waals surface area contributed by atoms with Crippen LogP contribution in [-0.2, 0) is 6.54 Å². The zero-order valence-electron chi connectivity index (χ0n) is 13.9. The van der Waals surface area contributed by atoms with E-state index in [1.165, 1.54) is 0 Å². The number of aryl methyl sites for hydroxylation is 1. The molecule has 0 spiro atoms. The third-order valence-electron chi connectivity index (χ3n) is 3.39. The van der Waals surface area contributed by atoms with E-state index in [2.05, 4.69) is 15.4 Å². The molecule has 1 atom stereocenters. The molecule has 2 aromatic rings. The standard InChI is InChI=1S/C16H23N5O2/c1-5-21-16(20(3)4)18-14(19-21)12-7-6-8-13(9-12)15(23)17-11(2)10-22/h6-9,11,22H,5,10H2,1-4H3,(H,17,23)/t11-/m0/s1. The van der Waals surface area contributed by atoms with E-state index in [1.54, 1.807) is 25.1 Å². The number of hydrogen-bond donors (Lipinski definition) is 2. The Morgan fingerprint density at radius 3 is 2.74 bits per heavy atom. The molecule has 0 saturated carbocycles. The molecule has 0 aliphatic rings. The highest BCUT2D eigenvalue weighted by Crippen LogP contribution is 2.20. The van der Waals surface area contributed by atoms with Gasteiger partial charge in [-0.05, 0) is 26.0 Å². The zero-order chi connectivity index (χ0) is 17.0. The summed E-state index contributed by atoms with van der Waals surface area (Å²) in [7, 11) is 3.83. The minimum Gasteiger partial charge on any atom is -0.394 e. The van der Waals surface area contributed by atoms with Gasteiger partial charge in [0.05, 0.1) is 6.61 Å². The summed E-state index contributed by atoms with van der Waals surface area (Å²) in [5, 5.41) is 16.3. The fourth-order valence-corrected chi connectivity index (χ4v) is 2.15. The van der Waals surface area contributed by atoms with Crippen molar-refractivity contribution in [2.75, 3.05) is 25.6 Å². The van der Waals surface area contributed by atoms with Gasteiger partial charge in [0.15, 0.2) is 5.82 Å². The smallest absolute Gasteiger partial charge is 0.251 e. The minimum absolute atomic E-state index is 0.0971. The molecule has 0 fully saturated rings. The van der Waals surface area contributed by atoms with Crippen LogP contribution in [-0.4, -0.2) is 52.5 Å². The number of aromatic nitrogens is 3. The van der Waals surface area contributed by atoms with Crippen molar-refractivity contribution in [2.45, 2.75) is 26.4 Å². The van der Waals surface area contributed by atoms with Crippen molar-refractivity contribution in [2.24, 2.45) is 0 Å². The predicted molar refractivity (Wildman–Crippen MR) is 89.5 cm³/mol. The molecule has 7 nitrogen and oxygen atoms in total. The van der Waals surface area contributed by atoms with Gasteiger partial charge in [-0.15, -0.1) is 5.10 Å². The highest BCUT2D eigenvalue weighted by atomic mass is 16.3. The van der Waals surface area contributed by atoms with Crippen molar-refractivity contribution in [3.05, 3.63) is 29.8 Å². The maximum atomic E-state index is 12.2. The highest BCUT2D eigenvalue weighted by molar-refractivity contribution is 5.95. The van der Waals surface area contributed by atoms with Gasteiger partial charge in [-0.1, -0.05) is 12.1 Å². The molecule has 1 amide bonds. The van der Waals surface area contributed by atoms with E-state index in [4.69, 9.17) is 5.11 Å². The summed E-state index contributed by atoms with van der Waals surface area (Å²) in [6, 6.07) is 6.88. The molecule has 0 aliphatic carbocycles. The Morgan fingerprint density at radius 1 is 1.43 bits per heavy atom. The van der Waals surface area contributed by atoms with Crippen LogP contribution in [0, 0.1) is 0 Å². The van der Waals surface area contributed by atoms with E-state index in [-0.39, 0.29) is 18.6 Å². The normalized spacial score (nSPS) is 12.0. The Hall–Kier alpha value is -2.41. The van der Waals surface area contributed by atoms with E-state index in [0.29, 0.717) is 17.9 Å². The monoisotopic (exact) mass is 317 g/mol. The number of amides is 1. The Morgan fingerprint density at radius 2 is 2.17 bits per heavy atom. The van der Waals surface area contributed by atoms with Gasteiger partial charge in [-0.25, -0.2) is 4.68 Å². The molecule has 124 valence electrons. The summed E-state index contributed by atoms with van der Waals surface area (Å²) in [6.45, 7) is 4.37. The number of rotatable bonds is 6. The molecule has 0 radical (unpaired) electrons.